The Hall–Kier alpha value is -2.77. The van der Waals surface area contributed by atoms with Crippen molar-refractivity contribution in [3.05, 3.63) is 58.1 Å². The molecular formula is C20H23ClN2O5. The van der Waals surface area contributed by atoms with Crippen molar-refractivity contribution in [1.29, 1.82) is 0 Å². The van der Waals surface area contributed by atoms with E-state index in [0.29, 0.717) is 35.3 Å². The number of hydrogen-bond acceptors (Lipinski definition) is 5. The number of carbonyl (C=O) groups is 2. The predicted molar refractivity (Wildman–Crippen MR) is 106 cm³/mol. The monoisotopic (exact) mass is 406 g/mol. The fourth-order valence-electron chi connectivity index (χ4n) is 2.32. The van der Waals surface area contributed by atoms with Gasteiger partial charge in [-0.15, -0.1) is 0 Å². The lowest BCUT2D eigenvalue weighted by atomic mass is 10.1. The minimum absolute atomic E-state index is 0.243. The number of halogens is 1. The first-order valence-corrected chi connectivity index (χ1v) is 8.99. The maximum absolute atomic E-state index is 12.1. The van der Waals surface area contributed by atoms with Crippen LogP contribution < -0.4 is 20.3 Å². The van der Waals surface area contributed by atoms with E-state index in [-0.39, 0.29) is 6.61 Å². The summed E-state index contributed by atoms with van der Waals surface area (Å²) in [5, 5.41) is 0.666. The Balaban J connectivity index is 1.78. The van der Waals surface area contributed by atoms with Crippen molar-refractivity contribution in [2.45, 2.75) is 13.8 Å². The third-order valence-electron chi connectivity index (χ3n) is 3.77. The molecule has 8 heteroatoms. The molecule has 2 rings (SSSR count). The van der Waals surface area contributed by atoms with Crippen LogP contribution in [0.3, 0.4) is 0 Å². The highest BCUT2D eigenvalue weighted by Gasteiger charge is 2.09. The molecule has 2 amide bonds. The van der Waals surface area contributed by atoms with E-state index in [1.807, 2.05) is 13.8 Å². The van der Waals surface area contributed by atoms with Crippen molar-refractivity contribution >= 4 is 23.4 Å². The van der Waals surface area contributed by atoms with Gasteiger partial charge >= 0.3 is 0 Å². The van der Waals surface area contributed by atoms with Gasteiger partial charge in [-0.05, 0) is 61.4 Å². The van der Waals surface area contributed by atoms with Gasteiger partial charge in [0.2, 0.25) is 0 Å². The van der Waals surface area contributed by atoms with E-state index in [4.69, 9.17) is 25.8 Å². The minimum Gasteiger partial charge on any atom is -0.491 e. The molecule has 7 nitrogen and oxygen atoms in total. The van der Waals surface area contributed by atoms with Gasteiger partial charge in [0, 0.05) is 17.7 Å². The van der Waals surface area contributed by atoms with Crippen LogP contribution in [-0.4, -0.2) is 38.7 Å². The molecule has 0 spiro atoms. The summed E-state index contributed by atoms with van der Waals surface area (Å²) in [7, 11) is 1.59. The van der Waals surface area contributed by atoms with Crippen LogP contribution in [0, 0.1) is 13.8 Å². The molecule has 0 atom stereocenters. The van der Waals surface area contributed by atoms with Gasteiger partial charge < -0.3 is 14.2 Å². The van der Waals surface area contributed by atoms with E-state index >= 15 is 0 Å². The SMILES string of the molecule is COCCOc1ccc(C(=O)NNC(=O)COc2cc(C)c(Cl)c(C)c2)cc1. The Morgan fingerprint density at radius 1 is 0.929 bits per heavy atom. The Morgan fingerprint density at radius 3 is 2.18 bits per heavy atom. The fourth-order valence-corrected chi connectivity index (χ4v) is 2.43. The topological polar surface area (TPSA) is 85.9 Å². The van der Waals surface area contributed by atoms with Crippen molar-refractivity contribution in [2.24, 2.45) is 0 Å². The van der Waals surface area contributed by atoms with E-state index in [1.54, 1.807) is 43.5 Å². The number of hydrazine groups is 1. The summed E-state index contributed by atoms with van der Waals surface area (Å²) in [4.78, 5) is 24.0. The lowest BCUT2D eigenvalue weighted by molar-refractivity contribution is -0.123. The highest BCUT2D eigenvalue weighted by molar-refractivity contribution is 6.32. The number of benzene rings is 2. The van der Waals surface area contributed by atoms with Gasteiger partial charge in [0.05, 0.1) is 6.61 Å². The molecule has 0 aromatic heterocycles. The Kier molecular flexibility index (Phi) is 8.10. The van der Waals surface area contributed by atoms with Crippen LogP contribution in [0.1, 0.15) is 21.5 Å². The van der Waals surface area contributed by atoms with Crippen molar-refractivity contribution in [3.63, 3.8) is 0 Å². The third kappa shape index (κ3) is 6.44. The second-order valence-corrected chi connectivity index (χ2v) is 6.41. The zero-order valence-electron chi connectivity index (χ0n) is 16.0. The van der Waals surface area contributed by atoms with E-state index in [2.05, 4.69) is 10.9 Å². The number of carbonyl (C=O) groups excluding carboxylic acids is 2. The number of aryl methyl sites for hydroxylation is 2. The second kappa shape index (κ2) is 10.5. The highest BCUT2D eigenvalue weighted by atomic mass is 35.5. The van der Waals surface area contributed by atoms with Gasteiger partial charge in [0.25, 0.3) is 11.8 Å². The fraction of sp³-hybridized carbons (Fsp3) is 0.300. The van der Waals surface area contributed by atoms with Crippen LogP contribution in [0.2, 0.25) is 5.02 Å². The van der Waals surface area contributed by atoms with Crippen molar-refractivity contribution in [1.82, 2.24) is 10.9 Å². The zero-order valence-corrected chi connectivity index (χ0v) is 16.8. The molecule has 0 aliphatic rings. The molecule has 0 bridgehead atoms. The molecule has 0 aliphatic carbocycles. The standard InChI is InChI=1S/C20H23ClN2O5/c1-13-10-17(11-14(2)19(13)21)28-12-18(24)22-23-20(25)15-4-6-16(7-5-15)27-9-8-26-3/h4-7,10-11H,8-9,12H2,1-3H3,(H,22,24)(H,23,25). The summed E-state index contributed by atoms with van der Waals surface area (Å²) in [6, 6.07) is 10.0. The lowest BCUT2D eigenvalue weighted by Gasteiger charge is -2.11. The van der Waals surface area contributed by atoms with E-state index in [1.165, 1.54) is 0 Å². The number of hydrogen-bond donors (Lipinski definition) is 2. The van der Waals surface area contributed by atoms with Gasteiger partial charge in [-0.2, -0.15) is 0 Å². The lowest BCUT2D eigenvalue weighted by Crippen LogP contribution is -2.43. The first-order chi connectivity index (χ1) is 13.4. The zero-order chi connectivity index (χ0) is 20.5. The van der Waals surface area contributed by atoms with Crippen LogP contribution in [0.25, 0.3) is 0 Å². The minimum atomic E-state index is -0.488. The van der Waals surface area contributed by atoms with Crippen molar-refractivity contribution in [2.75, 3.05) is 26.9 Å². The molecule has 2 aromatic rings. The van der Waals surface area contributed by atoms with Crippen molar-refractivity contribution in [3.8, 4) is 11.5 Å². The number of ether oxygens (including phenoxy) is 3. The summed E-state index contributed by atoms with van der Waals surface area (Å²) in [6.45, 7) is 4.37. The first-order valence-electron chi connectivity index (χ1n) is 8.61. The molecule has 0 fully saturated rings. The summed E-state index contributed by atoms with van der Waals surface area (Å²) in [5.74, 6) is 0.220. The van der Waals surface area contributed by atoms with E-state index in [0.717, 1.165) is 11.1 Å². The molecule has 0 saturated carbocycles. The molecule has 0 aliphatic heterocycles. The van der Waals surface area contributed by atoms with Crippen LogP contribution in [0.5, 0.6) is 11.5 Å². The smallest absolute Gasteiger partial charge is 0.276 e. The van der Waals surface area contributed by atoms with E-state index < -0.39 is 11.8 Å². The van der Waals surface area contributed by atoms with Gasteiger partial charge in [-0.25, -0.2) is 0 Å². The average Bonchev–Trinajstić information content (AvgIpc) is 2.69. The average molecular weight is 407 g/mol. The van der Waals surface area contributed by atoms with Gasteiger partial charge in [0.15, 0.2) is 6.61 Å². The summed E-state index contributed by atoms with van der Waals surface area (Å²) >= 11 is 6.10. The Morgan fingerprint density at radius 2 is 1.57 bits per heavy atom. The molecule has 0 radical (unpaired) electrons. The molecule has 2 aromatic carbocycles. The Bertz CT molecular complexity index is 801. The third-order valence-corrected chi connectivity index (χ3v) is 4.36. The predicted octanol–water partition coefficient (Wildman–Crippen LogP) is 2.82. The Labute approximate surface area is 168 Å². The molecule has 2 N–H and O–H groups in total. The van der Waals surface area contributed by atoms with Gasteiger partial charge in [-0.3, -0.25) is 20.4 Å². The summed E-state index contributed by atoms with van der Waals surface area (Å²) < 4.78 is 15.8. The van der Waals surface area contributed by atoms with Crippen LogP contribution in [0.4, 0.5) is 0 Å². The maximum atomic E-state index is 12.1. The molecule has 28 heavy (non-hydrogen) atoms. The number of rotatable bonds is 8. The molecular weight excluding hydrogens is 384 g/mol. The number of methoxy groups -OCH3 is 1. The first kappa shape index (κ1) is 21.5. The largest absolute Gasteiger partial charge is 0.491 e. The quantitative estimate of drug-likeness (QED) is 0.520. The van der Waals surface area contributed by atoms with Gasteiger partial charge in [0.1, 0.15) is 18.1 Å². The normalized spacial score (nSPS) is 10.3. The number of nitrogens with one attached hydrogen (secondary N) is 2. The van der Waals surface area contributed by atoms with Crippen LogP contribution >= 0.6 is 11.6 Å². The van der Waals surface area contributed by atoms with Gasteiger partial charge in [-0.1, -0.05) is 11.6 Å². The summed E-state index contributed by atoms with van der Waals surface area (Å²) in [5.41, 5.74) is 6.75. The number of amides is 2. The highest BCUT2D eigenvalue weighted by Crippen LogP contribution is 2.25. The molecule has 0 unspecified atom stereocenters. The van der Waals surface area contributed by atoms with E-state index in [9.17, 15) is 9.59 Å². The molecule has 0 saturated heterocycles. The van der Waals surface area contributed by atoms with Crippen LogP contribution in [0.15, 0.2) is 36.4 Å². The second-order valence-electron chi connectivity index (χ2n) is 6.03. The molecule has 0 heterocycles. The summed E-state index contributed by atoms with van der Waals surface area (Å²) in [6.07, 6.45) is 0. The van der Waals surface area contributed by atoms with Crippen molar-refractivity contribution < 1.29 is 23.8 Å². The van der Waals surface area contributed by atoms with Crippen LogP contribution in [-0.2, 0) is 9.53 Å². The molecule has 150 valence electrons. The maximum Gasteiger partial charge on any atom is 0.276 e.